The maximum Gasteiger partial charge on any atom is 0.409 e. The molecule has 1 heterocycles. The first-order valence-electron chi connectivity index (χ1n) is 2.72. The first-order chi connectivity index (χ1) is 5.20. The third-order valence-corrected chi connectivity index (χ3v) is 0.935. The van der Waals surface area contributed by atoms with Gasteiger partial charge in [0.15, 0.2) is 0 Å². The molecular formula is C5H4O6. The van der Waals surface area contributed by atoms with E-state index < -0.39 is 30.9 Å². The Morgan fingerprint density at radius 3 is 2.64 bits per heavy atom. The van der Waals surface area contributed by atoms with Crippen LogP contribution in [0.2, 0.25) is 0 Å². The lowest BCUT2D eigenvalue weighted by Crippen LogP contribution is -2.26. The SMILES string of the molecule is O=C1CC(=O)C(=O)OOCO1. The molecule has 0 atom stereocenters. The Balaban J connectivity index is 2.59. The molecule has 6 heteroatoms. The van der Waals surface area contributed by atoms with Crippen molar-refractivity contribution in [2.24, 2.45) is 0 Å². The zero-order chi connectivity index (χ0) is 8.27. The van der Waals surface area contributed by atoms with Crippen molar-refractivity contribution < 1.29 is 28.9 Å². The molecule has 60 valence electrons. The van der Waals surface area contributed by atoms with E-state index in [0.29, 0.717) is 0 Å². The number of cyclic esters (lactones) is 1. The van der Waals surface area contributed by atoms with Crippen molar-refractivity contribution in [2.75, 3.05) is 6.79 Å². The van der Waals surface area contributed by atoms with E-state index in [1.807, 2.05) is 0 Å². The predicted octanol–water partition coefficient (Wildman–Crippen LogP) is -1.07. The monoisotopic (exact) mass is 160 g/mol. The molecule has 1 aliphatic heterocycles. The highest BCUT2D eigenvalue weighted by Crippen LogP contribution is 1.97. The summed E-state index contributed by atoms with van der Waals surface area (Å²) in [5.41, 5.74) is 0. The van der Waals surface area contributed by atoms with Crippen LogP contribution in [0.4, 0.5) is 0 Å². The van der Waals surface area contributed by atoms with Crippen molar-refractivity contribution in [3.63, 3.8) is 0 Å². The molecule has 11 heavy (non-hydrogen) atoms. The van der Waals surface area contributed by atoms with Crippen molar-refractivity contribution in [1.29, 1.82) is 0 Å². The number of carbonyl (C=O) groups excluding carboxylic acids is 3. The number of carbonyl (C=O) groups is 3. The highest BCUT2D eigenvalue weighted by molar-refractivity contribution is 6.36. The highest BCUT2D eigenvalue weighted by Gasteiger charge is 2.23. The summed E-state index contributed by atoms with van der Waals surface area (Å²) in [6.45, 7) is -0.474. The molecule has 0 bridgehead atoms. The van der Waals surface area contributed by atoms with Crippen LogP contribution < -0.4 is 0 Å². The maximum absolute atomic E-state index is 10.5. The van der Waals surface area contributed by atoms with Crippen LogP contribution in [0.3, 0.4) is 0 Å². The molecule has 0 radical (unpaired) electrons. The number of esters is 1. The van der Waals surface area contributed by atoms with E-state index in [1.54, 1.807) is 0 Å². The van der Waals surface area contributed by atoms with Crippen LogP contribution in [0.15, 0.2) is 0 Å². The van der Waals surface area contributed by atoms with Gasteiger partial charge in [-0.25, -0.2) is 4.79 Å². The summed E-state index contributed by atoms with van der Waals surface area (Å²) in [7, 11) is 0. The summed E-state index contributed by atoms with van der Waals surface area (Å²) in [6, 6.07) is 0. The van der Waals surface area contributed by atoms with Crippen LogP contribution >= 0.6 is 0 Å². The van der Waals surface area contributed by atoms with Gasteiger partial charge in [-0.3, -0.25) is 14.5 Å². The fraction of sp³-hybridized carbons (Fsp3) is 0.400. The third-order valence-electron chi connectivity index (χ3n) is 0.935. The van der Waals surface area contributed by atoms with Gasteiger partial charge in [0.1, 0.15) is 6.42 Å². The Bertz CT molecular complexity index is 207. The standard InChI is InChI=1S/C5H4O6/c6-3-1-4(7)9-2-10-11-5(3)8/h1-2H2. The van der Waals surface area contributed by atoms with Gasteiger partial charge in [-0.15, -0.1) is 4.89 Å². The molecule has 0 aromatic heterocycles. The Morgan fingerprint density at radius 2 is 1.91 bits per heavy atom. The number of Topliss-reactive ketones (excluding diaryl/α,β-unsaturated/α-hetero) is 1. The zero-order valence-electron chi connectivity index (χ0n) is 5.36. The van der Waals surface area contributed by atoms with Gasteiger partial charge in [0.2, 0.25) is 6.79 Å². The summed E-state index contributed by atoms with van der Waals surface area (Å²) < 4.78 is 4.24. The topological polar surface area (TPSA) is 78.9 Å². The lowest BCUT2D eigenvalue weighted by atomic mass is 10.3. The minimum atomic E-state index is -1.18. The van der Waals surface area contributed by atoms with Gasteiger partial charge in [0.25, 0.3) is 5.78 Å². The first kappa shape index (κ1) is 7.67. The summed E-state index contributed by atoms with van der Waals surface area (Å²) >= 11 is 0. The van der Waals surface area contributed by atoms with Crippen molar-refractivity contribution in [2.45, 2.75) is 6.42 Å². The third kappa shape index (κ3) is 2.01. The second kappa shape index (κ2) is 3.11. The average Bonchev–Trinajstić information content (AvgIpc) is 1.95. The molecule has 1 fully saturated rings. The molecule has 0 aromatic rings. The average molecular weight is 160 g/mol. The molecule has 0 aliphatic carbocycles. The summed E-state index contributed by atoms with van der Waals surface area (Å²) in [5.74, 6) is -2.96. The zero-order valence-corrected chi connectivity index (χ0v) is 5.36. The second-order valence-corrected chi connectivity index (χ2v) is 1.72. The number of ketones is 1. The second-order valence-electron chi connectivity index (χ2n) is 1.72. The van der Waals surface area contributed by atoms with Gasteiger partial charge >= 0.3 is 11.9 Å². The Kier molecular flexibility index (Phi) is 2.17. The number of rotatable bonds is 0. The van der Waals surface area contributed by atoms with Crippen molar-refractivity contribution in [3.05, 3.63) is 0 Å². The smallest absolute Gasteiger partial charge is 0.409 e. The Labute approximate surface area is 60.9 Å². The van der Waals surface area contributed by atoms with Crippen molar-refractivity contribution in [3.8, 4) is 0 Å². The molecule has 0 amide bonds. The van der Waals surface area contributed by atoms with E-state index >= 15 is 0 Å². The Morgan fingerprint density at radius 1 is 1.18 bits per heavy atom. The van der Waals surface area contributed by atoms with E-state index in [0.717, 1.165) is 0 Å². The Hall–Kier alpha value is -1.43. The summed E-state index contributed by atoms with van der Waals surface area (Å²) in [4.78, 5) is 39.3. The van der Waals surface area contributed by atoms with Gasteiger partial charge in [-0.05, 0) is 0 Å². The van der Waals surface area contributed by atoms with Gasteiger partial charge < -0.3 is 4.74 Å². The molecule has 0 aromatic carbocycles. The minimum absolute atomic E-state index is 0.474. The summed E-state index contributed by atoms with van der Waals surface area (Å²) in [5, 5.41) is 0. The van der Waals surface area contributed by atoms with Crippen LogP contribution in [-0.2, 0) is 28.9 Å². The van der Waals surface area contributed by atoms with E-state index in [2.05, 4.69) is 14.5 Å². The van der Waals surface area contributed by atoms with Crippen LogP contribution in [0.5, 0.6) is 0 Å². The van der Waals surface area contributed by atoms with E-state index in [-0.39, 0.29) is 0 Å². The van der Waals surface area contributed by atoms with Crippen molar-refractivity contribution in [1.82, 2.24) is 0 Å². The first-order valence-corrected chi connectivity index (χ1v) is 2.72. The lowest BCUT2D eigenvalue weighted by Gasteiger charge is -2.07. The van der Waals surface area contributed by atoms with Crippen LogP contribution in [-0.4, -0.2) is 24.5 Å². The molecule has 1 aliphatic rings. The minimum Gasteiger partial charge on any atom is -0.434 e. The predicted molar refractivity (Wildman–Crippen MR) is 27.8 cm³/mol. The van der Waals surface area contributed by atoms with Gasteiger partial charge in [0.05, 0.1) is 0 Å². The fourth-order valence-corrected chi connectivity index (χ4v) is 0.468. The largest absolute Gasteiger partial charge is 0.434 e. The highest BCUT2D eigenvalue weighted by atomic mass is 17.2. The van der Waals surface area contributed by atoms with E-state index in [1.165, 1.54) is 0 Å². The molecule has 0 unspecified atom stereocenters. The van der Waals surface area contributed by atoms with E-state index in [4.69, 9.17) is 0 Å². The number of hydrogen-bond donors (Lipinski definition) is 0. The molecule has 0 N–H and O–H groups in total. The maximum atomic E-state index is 10.5. The summed E-state index contributed by atoms with van der Waals surface area (Å²) in [6.07, 6.45) is -0.595. The number of ether oxygens (including phenoxy) is 1. The molecular weight excluding hydrogens is 156 g/mol. The van der Waals surface area contributed by atoms with Crippen LogP contribution in [0.1, 0.15) is 6.42 Å². The van der Waals surface area contributed by atoms with Crippen LogP contribution in [0.25, 0.3) is 0 Å². The number of hydrogen-bond acceptors (Lipinski definition) is 6. The van der Waals surface area contributed by atoms with Crippen molar-refractivity contribution >= 4 is 17.7 Å². The molecule has 0 spiro atoms. The fourth-order valence-electron chi connectivity index (χ4n) is 0.468. The quantitative estimate of drug-likeness (QED) is 0.194. The van der Waals surface area contributed by atoms with Gasteiger partial charge in [-0.1, -0.05) is 0 Å². The van der Waals surface area contributed by atoms with Crippen LogP contribution in [0, 0.1) is 0 Å². The molecule has 0 saturated carbocycles. The van der Waals surface area contributed by atoms with Gasteiger partial charge in [0, 0.05) is 0 Å². The molecule has 1 saturated heterocycles. The lowest BCUT2D eigenvalue weighted by molar-refractivity contribution is -0.305. The molecule has 1 rings (SSSR count). The van der Waals surface area contributed by atoms with E-state index in [9.17, 15) is 14.4 Å². The van der Waals surface area contributed by atoms with Gasteiger partial charge in [-0.2, -0.15) is 0 Å². The normalized spacial score (nSPS) is 19.8. The molecule has 6 nitrogen and oxygen atoms in total.